The number of carbonyl (C=O) groups is 1. The fourth-order valence-corrected chi connectivity index (χ4v) is 4.71. The van der Waals surface area contributed by atoms with E-state index < -0.39 is 0 Å². The van der Waals surface area contributed by atoms with Crippen LogP contribution < -0.4 is 10.6 Å². The third-order valence-electron chi connectivity index (χ3n) is 4.59. The Balaban J connectivity index is 1.32. The molecule has 0 aromatic carbocycles. The van der Waals surface area contributed by atoms with Gasteiger partial charge in [-0.15, -0.1) is 22.7 Å². The largest absolute Gasteiger partial charge is 0.381 e. The van der Waals surface area contributed by atoms with Crippen LogP contribution in [0, 0.1) is 6.92 Å². The minimum absolute atomic E-state index is 0.0375. The number of anilines is 1. The van der Waals surface area contributed by atoms with Gasteiger partial charge in [0, 0.05) is 31.2 Å². The smallest absolute Gasteiger partial charge is 0.266 e. The van der Waals surface area contributed by atoms with Crippen molar-refractivity contribution in [3.63, 3.8) is 0 Å². The molecule has 0 spiro atoms. The molecular weight excluding hydrogens is 342 g/mol. The van der Waals surface area contributed by atoms with E-state index in [2.05, 4.69) is 21.0 Å². The number of hydrogen-bond donors (Lipinski definition) is 2. The number of amides is 1. The van der Waals surface area contributed by atoms with Crippen molar-refractivity contribution in [2.24, 2.45) is 0 Å². The number of ether oxygens (including phenoxy) is 1. The van der Waals surface area contributed by atoms with Crippen LogP contribution in [0.5, 0.6) is 0 Å². The van der Waals surface area contributed by atoms with Crippen LogP contribution in [-0.2, 0) is 4.74 Å². The van der Waals surface area contributed by atoms with E-state index in [1.165, 1.54) is 34.7 Å². The molecular formula is C17H21N3O2S2. The highest BCUT2D eigenvalue weighted by atomic mass is 32.1. The predicted molar refractivity (Wildman–Crippen MR) is 97.2 cm³/mol. The van der Waals surface area contributed by atoms with E-state index in [-0.39, 0.29) is 5.91 Å². The molecule has 1 aliphatic carbocycles. The van der Waals surface area contributed by atoms with E-state index in [1.54, 1.807) is 6.20 Å². The molecule has 3 heterocycles. The van der Waals surface area contributed by atoms with Crippen molar-refractivity contribution >= 4 is 33.6 Å². The van der Waals surface area contributed by atoms with Crippen LogP contribution in [0.4, 0.5) is 5.00 Å². The van der Waals surface area contributed by atoms with Gasteiger partial charge in [-0.05, 0) is 43.2 Å². The van der Waals surface area contributed by atoms with Gasteiger partial charge in [0.2, 0.25) is 0 Å². The van der Waals surface area contributed by atoms with E-state index in [9.17, 15) is 4.79 Å². The number of aromatic nitrogens is 1. The van der Waals surface area contributed by atoms with Gasteiger partial charge in [-0.3, -0.25) is 4.79 Å². The van der Waals surface area contributed by atoms with Gasteiger partial charge in [-0.1, -0.05) is 0 Å². The molecule has 4 rings (SSSR count). The first-order valence-electron chi connectivity index (χ1n) is 8.35. The third kappa shape index (κ3) is 3.69. The fourth-order valence-electron chi connectivity index (χ4n) is 3.17. The fraction of sp³-hybridized carbons (Fsp3) is 0.529. The van der Waals surface area contributed by atoms with E-state index in [0.717, 1.165) is 40.9 Å². The summed E-state index contributed by atoms with van der Waals surface area (Å²) in [5.74, 6) is 0.515. The molecule has 7 heteroatoms. The van der Waals surface area contributed by atoms with Gasteiger partial charge >= 0.3 is 0 Å². The summed E-state index contributed by atoms with van der Waals surface area (Å²) in [6, 6.07) is 3.19. The minimum Gasteiger partial charge on any atom is -0.381 e. The lowest BCUT2D eigenvalue weighted by molar-refractivity contribution is 0.0774. The molecule has 1 amide bonds. The number of nitrogens with one attached hydrogen (secondary N) is 2. The Kier molecular flexibility index (Phi) is 4.67. The Morgan fingerprint density at radius 1 is 1.38 bits per heavy atom. The summed E-state index contributed by atoms with van der Waals surface area (Å²) < 4.78 is 5.41. The van der Waals surface area contributed by atoms with Crippen molar-refractivity contribution in [1.29, 1.82) is 0 Å². The van der Waals surface area contributed by atoms with Crippen LogP contribution in [0.1, 0.15) is 45.4 Å². The zero-order valence-electron chi connectivity index (χ0n) is 13.6. The lowest BCUT2D eigenvalue weighted by atomic mass is 10.1. The molecule has 0 bridgehead atoms. The lowest BCUT2D eigenvalue weighted by Crippen LogP contribution is -2.36. The Morgan fingerprint density at radius 3 is 2.96 bits per heavy atom. The second-order valence-corrected chi connectivity index (χ2v) is 8.59. The molecule has 2 aromatic heterocycles. The van der Waals surface area contributed by atoms with Crippen molar-refractivity contribution < 1.29 is 9.53 Å². The van der Waals surface area contributed by atoms with Crippen LogP contribution in [-0.4, -0.2) is 36.2 Å². The SMILES string of the molecule is Cc1ncc(NC(=O)c2cc(C3CC3NC3CCOCC3)cs2)s1. The summed E-state index contributed by atoms with van der Waals surface area (Å²) in [7, 11) is 0. The quantitative estimate of drug-likeness (QED) is 0.855. The molecule has 0 radical (unpaired) electrons. The first-order valence-corrected chi connectivity index (χ1v) is 10.0. The van der Waals surface area contributed by atoms with Crippen molar-refractivity contribution in [2.45, 2.75) is 44.2 Å². The van der Waals surface area contributed by atoms with Gasteiger partial charge < -0.3 is 15.4 Å². The van der Waals surface area contributed by atoms with Gasteiger partial charge in [0.15, 0.2) is 0 Å². The predicted octanol–water partition coefficient (Wildman–Crippen LogP) is 3.39. The molecule has 128 valence electrons. The summed E-state index contributed by atoms with van der Waals surface area (Å²) in [5, 5.41) is 10.6. The number of rotatable bonds is 5. The highest BCUT2D eigenvalue weighted by Gasteiger charge is 2.40. The number of thiazole rings is 1. The molecule has 2 N–H and O–H groups in total. The van der Waals surface area contributed by atoms with Gasteiger partial charge in [0.1, 0.15) is 5.00 Å². The highest BCUT2D eigenvalue weighted by Crippen LogP contribution is 2.43. The number of carbonyl (C=O) groups excluding carboxylic acids is 1. The molecule has 2 atom stereocenters. The number of nitrogens with zero attached hydrogens (tertiary/aromatic N) is 1. The maximum Gasteiger partial charge on any atom is 0.266 e. The first kappa shape index (κ1) is 16.2. The number of thiophene rings is 1. The molecule has 2 aromatic rings. The van der Waals surface area contributed by atoms with Gasteiger partial charge in [-0.2, -0.15) is 0 Å². The zero-order chi connectivity index (χ0) is 16.5. The second-order valence-electron chi connectivity index (χ2n) is 6.44. The van der Waals surface area contributed by atoms with Crippen molar-refractivity contribution in [1.82, 2.24) is 10.3 Å². The highest BCUT2D eigenvalue weighted by molar-refractivity contribution is 7.16. The Morgan fingerprint density at radius 2 is 2.21 bits per heavy atom. The third-order valence-corrected chi connectivity index (χ3v) is 6.37. The summed E-state index contributed by atoms with van der Waals surface area (Å²) in [6.07, 6.45) is 5.09. The van der Waals surface area contributed by atoms with Crippen molar-refractivity contribution in [3.8, 4) is 0 Å². The molecule has 2 unspecified atom stereocenters. The van der Waals surface area contributed by atoms with Crippen LogP contribution in [0.2, 0.25) is 0 Å². The van der Waals surface area contributed by atoms with Crippen LogP contribution >= 0.6 is 22.7 Å². The molecule has 24 heavy (non-hydrogen) atoms. The van der Waals surface area contributed by atoms with Crippen molar-refractivity contribution in [3.05, 3.63) is 33.1 Å². The van der Waals surface area contributed by atoms with E-state index in [0.29, 0.717) is 18.0 Å². The van der Waals surface area contributed by atoms with E-state index >= 15 is 0 Å². The van der Waals surface area contributed by atoms with E-state index in [1.807, 2.05) is 13.0 Å². The molecule has 1 saturated carbocycles. The maximum atomic E-state index is 12.3. The van der Waals surface area contributed by atoms with E-state index in [4.69, 9.17) is 4.74 Å². The lowest BCUT2D eigenvalue weighted by Gasteiger charge is -2.23. The first-order chi connectivity index (χ1) is 11.7. The topological polar surface area (TPSA) is 63.2 Å². The average Bonchev–Trinajstić information content (AvgIpc) is 2.97. The maximum absolute atomic E-state index is 12.3. The van der Waals surface area contributed by atoms with Gasteiger partial charge in [-0.25, -0.2) is 4.98 Å². The summed E-state index contributed by atoms with van der Waals surface area (Å²) in [6.45, 7) is 3.67. The molecule has 1 saturated heterocycles. The normalized spacial score (nSPS) is 24.0. The Labute approximate surface area is 149 Å². The molecule has 5 nitrogen and oxygen atoms in total. The second kappa shape index (κ2) is 6.92. The minimum atomic E-state index is -0.0375. The Bertz CT molecular complexity index is 721. The van der Waals surface area contributed by atoms with Crippen LogP contribution in [0.3, 0.4) is 0 Å². The summed E-state index contributed by atoms with van der Waals surface area (Å²) in [5.41, 5.74) is 1.29. The number of aryl methyl sites for hydroxylation is 1. The molecule has 1 aliphatic heterocycles. The van der Waals surface area contributed by atoms with Crippen LogP contribution in [0.15, 0.2) is 17.6 Å². The summed E-state index contributed by atoms with van der Waals surface area (Å²) >= 11 is 3.02. The van der Waals surface area contributed by atoms with Gasteiger partial charge in [0.25, 0.3) is 5.91 Å². The average molecular weight is 364 g/mol. The van der Waals surface area contributed by atoms with Crippen LogP contribution in [0.25, 0.3) is 0 Å². The number of hydrogen-bond acceptors (Lipinski definition) is 6. The molecule has 2 aliphatic rings. The standard InChI is InChI=1S/C17H21N3O2S2/c1-10-18-8-16(24-10)20-17(21)15-6-11(9-23-15)13-7-14(13)19-12-2-4-22-5-3-12/h6,8-9,12-14,19H,2-5,7H2,1H3,(H,20,21). The zero-order valence-corrected chi connectivity index (χ0v) is 15.2. The van der Waals surface area contributed by atoms with Crippen molar-refractivity contribution in [2.75, 3.05) is 18.5 Å². The molecule has 2 fully saturated rings. The Hall–Kier alpha value is -1.28. The monoisotopic (exact) mass is 363 g/mol. The van der Waals surface area contributed by atoms with Gasteiger partial charge in [0.05, 0.1) is 16.1 Å². The summed E-state index contributed by atoms with van der Waals surface area (Å²) in [4.78, 5) is 17.3.